The van der Waals surface area contributed by atoms with E-state index < -0.39 is 0 Å². The molecular formula is C15H25N3O2. The molecule has 0 amide bonds. The van der Waals surface area contributed by atoms with E-state index in [1.807, 2.05) is 6.20 Å². The van der Waals surface area contributed by atoms with Crippen LogP contribution in [-0.4, -0.2) is 35.8 Å². The van der Waals surface area contributed by atoms with Gasteiger partial charge in [0.25, 0.3) is 0 Å². The van der Waals surface area contributed by atoms with Gasteiger partial charge in [-0.05, 0) is 6.54 Å². The Balaban J connectivity index is 2.12. The Morgan fingerprint density at radius 1 is 1.40 bits per heavy atom. The van der Waals surface area contributed by atoms with Gasteiger partial charge in [-0.15, -0.1) is 0 Å². The summed E-state index contributed by atoms with van der Waals surface area (Å²) in [5.74, 6) is 2.01. The molecule has 0 saturated carbocycles. The Bertz CT molecular complexity index is 418. The summed E-state index contributed by atoms with van der Waals surface area (Å²) in [5, 5.41) is 3.31. The number of rotatable bonds is 6. The Morgan fingerprint density at radius 3 is 2.80 bits per heavy atom. The van der Waals surface area contributed by atoms with Gasteiger partial charge in [0.15, 0.2) is 5.75 Å². The Hall–Kier alpha value is -1.20. The summed E-state index contributed by atoms with van der Waals surface area (Å²) in [6.07, 6.45) is 3.92. The highest BCUT2D eigenvalue weighted by Crippen LogP contribution is 2.22. The molecule has 1 fully saturated rings. The summed E-state index contributed by atoms with van der Waals surface area (Å²) in [5.41, 5.74) is 0.956. The van der Waals surface area contributed by atoms with Gasteiger partial charge in [0, 0.05) is 25.3 Å². The molecule has 1 aliphatic heterocycles. The fourth-order valence-corrected chi connectivity index (χ4v) is 2.14. The molecule has 1 aromatic heterocycles. The lowest BCUT2D eigenvalue weighted by Crippen LogP contribution is -2.27. The first-order chi connectivity index (χ1) is 9.70. The Morgan fingerprint density at radius 2 is 2.15 bits per heavy atom. The fraction of sp³-hybridized carbons (Fsp3) is 0.733. The molecule has 2 heterocycles. The molecule has 5 heteroatoms. The molecular weight excluding hydrogens is 254 g/mol. The van der Waals surface area contributed by atoms with Crippen molar-refractivity contribution in [2.75, 3.05) is 19.8 Å². The third kappa shape index (κ3) is 4.15. The van der Waals surface area contributed by atoms with Crippen molar-refractivity contribution in [3.8, 4) is 5.75 Å². The standard InChI is InChI=1S/C15H25N3O2/c1-4-16-9-13-14(10-17-15(18-13)11(2)3)20-12-5-7-19-8-6-12/h10-12,16H,4-9H2,1-3H3. The molecule has 0 unspecified atom stereocenters. The molecule has 112 valence electrons. The van der Waals surface area contributed by atoms with Gasteiger partial charge in [0.05, 0.1) is 25.1 Å². The monoisotopic (exact) mass is 279 g/mol. The lowest BCUT2D eigenvalue weighted by atomic mass is 10.1. The SMILES string of the molecule is CCNCc1nc(C(C)C)ncc1OC1CCOCC1. The van der Waals surface area contributed by atoms with Crippen LogP contribution in [0.25, 0.3) is 0 Å². The molecule has 2 rings (SSSR count). The molecule has 0 aromatic carbocycles. The number of aromatic nitrogens is 2. The van der Waals surface area contributed by atoms with Crippen LogP contribution in [0.2, 0.25) is 0 Å². The normalized spacial score (nSPS) is 16.6. The minimum atomic E-state index is 0.220. The molecule has 1 saturated heterocycles. The third-order valence-electron chi connectivity index (χ3n) is 3.37. The van der Waals surface area contributed by atoms with Crippen LogP contribution in [0.1, 0.15) is 51.0 Å². The van der Waals surface area contributed by atoms with Gasteiger partial charge in [-0.1, -0.05) is 20.8 Å². The fourth-order valence-electron chi connectivity index (χ4n) is 2.14. The van der Waals surface area contributed by atoms with Crippen LogP contribution >= 0.6 is 0 Å². The summed E-state index contributed by atoms with van der Waals surface area (Å²) >= 11 is 0. The van der Waals surface area contributed by atoms with Gasteiger partial charge in [-0.2, -0.15) is 0 Å². The number of nitrogens with zero attached hydrogens (tertiary/aromatic N) is 2. The zero-order valence-electron chi connectivity index (χ0n) is 12.7. The second-order valence-corrected chi connectivity index (χ2v) is 5.40. The second-order valence-electron chi connectivity index (χ2n) is 5.40. The van der Waals surface area contributed by atoms with E-state index in [0.29, 0.717) is 5.92 Å². The van der Waals surface area contributed by atoms with Crippen LogP contribution in [0, 0.1) is 0 Å². The minimum absolute atomic E-state index is 0.220. The van der Waals surface area contributed by atoms with Crippen LogP contribution in [0.15, 0.2) is 6.20 Å². The van der Waals surface area contributed by atoms with Crippen molar-refractivity contribution < 1.29 is 9.47 Å². The molecule has 0 atom stereocenters. The predicted molar refractivity (Wildman–Crippen MR) is 78.0 cm³/mol. The van der Waals surface area contributed by atoms with Gasteiger partial charge in [-0.3, -0.25) is 0 Å². The number of nitrogens with one attached hydrogen (secondary N) is 1. The number of hydrogen-bond donors (Lipinski definition) is 1. The van der Waals surface area contributed by atoms with E-state index in [4.69, 9.17) is 9.47 Å². The van der Waals surface area contributed by atoms with Crippen molar-refractivity contribution in [2.45, 2.75) is 52.2 Å². The van der Waals surface area contributed by atoms with E-state index in [1.165, 1.54) is 0 Å². The summed E-state index contributed by atoms with van der Waals surface area (Å²) in [4.78, 5) is 9.06. The van der Waals surface area contributed by atoms with Crippen molar-refractivity contribution in [3.05, 3.63) is 17.7 Å². The van der Waals surface area contributed by atoms with Crippen LogP contribution in [0.4, 0.5) is 0 Å². The smallest absolute Gasteiger partial charge is 0.160 e. The summed E-state index contributed by atoms with van der Waals surface area (Å²) in [7, 11) is 0. The van der Waals surface area contributed by atoms with Crippen molar-refractivity contribution in [3.63, 3.8) is 0 Å². The maximum absolute atomic E-state index is 6.07. The largest absolute Gasteiger partial charge is 0.487 e. The first-order valence-electron chi connectivity index (χ1n) is 7.51. The molecule has 20 heavy (non-hydrogen) atoms. The molecule has 0 radical (unpaired) electrons. The van der Waals surface area contributed by atoms with Crippen LogP contribution in [-0.2, 0) is 11.3 Å². The summed E-state index contributed by atoms with van der Waals surface area (Å²) < 4.78 is 11.4. The van der Waals surface area contributed by atoms with E-state index in [0.717, 1.165) is 56.4 Å². The maximum atomic E-state index is 6.07. The van der Waals surface area contributed by atoms with Gasteiger partial charge >= 0.3 is 0 Å². The van der Waals surface area contributed by atoms with Crippen molar-refractivity contribution >= 4 is 0 Å². The zero-order valence-corrected chi connectivity index (χ0v) is 12.7. The van der Waals surface area contributed by atoms with Crippen molar-refractivity contribution in [1.82, 2.24) is 15.3 Å². The third-order valence-corrected chi connectivity index (χ3v) is 3.37. The minimum Gasteiger partial charge on any atom is -0.487 e. The molecule has 1 aliphatic rings. The van der Waals surface area contributed by atoms with Crippen molar-refractivity contribution in [1.29, 1.82) is 0 Å². The lowest BCUT2D eigenvalue weighted by Gasteiger charge is -2.24. The highest BCUT2D eigenvalue weighted by Gasteiger charge is 2.18. The van der Waals surface area contributed by atoms with E-state index in [-0.39, 0.29) is 6.10 Å². The molecule has 0 bridgehead atoms. The highest BCUT2D eigenvalue weighted by atomic mass is 16.5. The molecule has 0 spiro atoms. The van der Waals surface area contributed by atoms with E-state index in [9.17, 15) is 0 Å². The Kier molecular flexibility index (Phi) is 5.73. The number of hydrogen-bond acceptors (Lipinski definition) is 5. The van der Waals surface area contributed by atoms with E-state index >= 15 is 0 Å². The van der Waals surface area contributed by atoms with Gasteiger partial charge in [-0.25, -0.2) is 9.97 Å². The average molecular weight is 279 g/mol. The lowest BCUT2D eigenvalue weighted by molar-refractivity contribution is 0.0247. The van der Waals surface area contributed by atoms with Crippen LogP contribution in [0.3, 0.4) is 0 Å². The molecule has 1 N–H and O–H groups in total. The van der Waals surface area contributed by atoms with E-state index in [1.54, 1.807) is 0 Å². The van der Waals surface area contributed by atoms with Gasteiger partial charge in [0.2, 0.25) is 0 Å². The van der Waals surface area contributed by atoms with Gasteiger partial charge < -0.3 is 14.8 Å². The zero-order chi connectivity index (χ0) is 14.4. The van der Waals surface area contributed by atoms with Crippen LogP contribution < -0.4 is 10.1 Å². The first-order valence-corrected chi connectivity index (χ1v) is 7.51. The van der Waals surface area contributed by atoms with Crippen molar-refractivity contribution in [2.24, 2.45) is 0 Å². The maximum Gasteiger partial charge on any atom is 0.160 e. The topological polar surface area (TPSA) is 56.3 Å². The van der Waals surface area contributed by atoms with Crippen LogP contribution in [0.5, 0.6) is 5.75 Å². The quantitative estimate of drug-likeness (QED) is 0.865. The Labute approximate surface area is 121 Å². The second kappa shape index (κ2) is 7.55. The highest BCUT2D eigenvalue weighted by molar-refractivity contribution is 5.25. The number of ether oxygens (including phenoxy) is 2. The van der Waals surface area contributed by atoms with E-state index in [2.05, 4.69) is 36.1 Å². The average Bonchev–Trinajstić information content (AvgIpc) is 2.47. The van der Waals surface area contributed by atoms with Gasteiger partial charge in [0.1, 0.15) is 11.9 Å². The first kappa shape index (κ1) is 15.2. The predicted octanol–water partition coefficient (Wildman–Crippen LogP) is 2.27. The molecule has 0 aliphatic carbocycles. The molecule has 5 nitrogen and oxygen atoms in total. The molecule has 1 aromatic rings. The summed E-state index contributed by atoms with van der Waals surface area (Å²) in [6, 6.07) is 0. The summed E-state index contributed by atoms with van der Waals surface area (Å²) in [6.45, 7) is 9.48.